The Bertz CT molecular complexity index is 547. The third-order valence-electron chi connectivity index (χ3n) is 3.64. The van der Waals surface area contributed by atoms with Crippen LogP contribution >= 0.6 is 0 Å². The molecule has 1 aliphatic rings. The van der Waals surface area contributed by atoms with E-state index in [0.717, 1.165) is 12.1 Å². The Morgan fingerprint density at radius 2 is 1.76 bits per heavy atom. The predicted octanol–water partition coefficient (Wildman–Crippen LogP) is 3.56. The second kappa shape index (κ2) is 3.59. The maximum Gasteiger partial charge on any atom is 0.123 e. The fraction of sp³-hybridized carbons (Fsp3) is 0.200. The van der Waals surface area contributed by atoms with Gasteiger partial charge >= 0.3 is 0 Å². The highest BCUT2D eigenvalue weighted by Gasteiger charge is 2.35. The highest BCUT2D eigenvalue weighted by Crippen LogP contribution is 2.41. The van der Waals surface area contributed by atoms with Crippen molar-refractivity contribution in [3.63, 3.8) is 0 Å². The van der Waals surface area contributed by atoms with Crippen LogP contribution in [0.25, 0.3) is 0 Å². The van der Waals surface area contributed by atoms with Crippen molar-refractivity contribution in [2.45, 2.75) is 12.3 Å². The number of hydrogen-bond donors (Lipinski definition) is 1. The molecule has 0 amide bonds. The largest absolute Gasteiger partial charge is 0.384 e. The molecule has 1 N–H and O–H groups in total. The van der Waals surface area contributed by atoms with Crippen molar-refractivity contribution < 1.29 is 4.39 Å². The Balaban J connectivity index is 2.12. The summed E-state index contributed by atoms with van der Waals surface area (Å²) < 4.78 is 13.0. The molecule has 0 bridgehead atoms. The SMILES string of the molecule is CC1(c2ccc(F)cc2)CNc2ccccc21. The van der Waals surface area contributed by atoms with Gasteiger partial charge in [-0.2, -0.15) is 0 Å². The smallest absolute Gasteiger partial charge is 0.123 e. The van der Waals surface area contributed by atoms with Crippen LogP contribution in [0.5, 0.6) is 0 Å². The molecule has 1 heterocycles. The van der Waals surface area contributed by atoms with E-state index in [2.05, 4.69) is 24.4 Å². The minimum atomic E-state index is -0.184. The number of rotatable bonds is 1. The van der Waals surface area contributed by atoms with E-state index in [4.69, 9.17) is 0 Å². The zero-order chi connectivity index (χ0) is 11.9. The molecule has 1 atom stereocenters. The summed E-state index contributed by atoms with van der Waals surface area (Å²) in [6.45, 7) is 3.05. The van der Waals surface area contributed by atoms with Gasteiger partial charge in [0.2, 0.25) is 0 Å². The molecule has 1 unspecified atom stereocenters. The van der Waals surface area contributed by atoms with E-state index in [9.17, 15) is 4.39 Å². The zero-order valence-electron chi connectivity index (χ0n) is 9.70. The van der Waals surface area contributed by atoms with Crippen LogP contribution in [-0.4, -0.2) is 6.54 Å². The van der Waals surface area contributed by atoms with Gasteiger partial charge in [0, 0.05) is 17.6 Å². The number of nitrogens with one attached hydrogen (secondary N) is 1. The quantitative estimate of drug-likeness (QED) is 0.785. The summed E-state index contributed by atoms with van der Waals surface area (Å²) in [5.74, 6) is -0.184. The fourth-order valence-electron chi connectivity index (χ4n) is 2.56. The highest BCUT2D eigenvalue weighted by molar-refractivity contribution is 5.63. The Kier molecular flexibility index (Phi) is 2.18. The van der Waals surface area contributed by atoms with Crippen LogP contribution in [0, 0.1) is 5.82 Å². The normalized spacial score (nSPS) is 22.0. The number of halogens is 1. The van der Waals surface area contributed by atoms with Gasteiger partial charge in [0.05, 0.1) is 0 Å². The molecular weight excluding hydrogens is 213 g/mol. The summed E-state index contributed by atoms with van der Waals surface area (Å²) >= 11 is 0. The average molecular weight is 227 g/mol. The van der Waals surface area contributed by atoms with Gasteiger partial charge in [-0.25, -0.2) is 4.39 Å². The number of fused-ring (bicyclic) bond motifs is 1. The zero-order valence-corrected chi connectivity index (χ0v) is 9.70. The summed E-state index contributed by atoms with van der Waals surface area (Å²) in [5, 5.41) is 3.41. The maximum atomic E-state index is 13.0. The minimum absolute atomic E-state index is 0.0652. The lowest BCUT2D eigenvalue weighted by Gasteiger charge is -2.24. The Morgan fingerprint density at radius 1 is 1.06 bits per heavy atom. The lowest BCUT2D eigenvalue weighted by molar-refractivity contribution is 0.612. The van der Waals surface area contributed by atoms with Crippen molar-refractivity contribution in [1.82, 2.24) is 0 Å². The first kappa shape index (κ1) is 10.3. The molecule has 0 aliphatic carbocycles. The molecule has 1 nitrogen and oxygen atoms in total. The van der Waals surface area contributed by atoms with Crippen LogP contribution in [0.4, 0.5) is 10.1 Å². The number of anilines is 1. The maximum absolute atomic E-state index is 13.0. The Labute approximate surface area is 100 Å². The van der Waals surface area contributed by atoms with E-state index in [0.29, 0.717) is 0 Å². The molecule has 0 saturated carbocycles. The topological polar surface area (TPSA) is 12.0 Å². The van der Waals surface area contributed by atoms with Gasteiger partial charge in [-0.3, -0.25) is 0 Å². The predicted molar refractivity (Wildman–Crippen MR) is 67.8 cm³/mol. The summed E-state index contributed by atoms with van der Waals surface area (Å²) in [6.07, 6.45) is 0. The summed E-state index contributed by atoms with van der Waals surface area (Å²) in [6, 6.07) is 15.1. The first-order valence-corrected chi connectivity index (χ1v) is 5.79. The van der Waals surface area contributed by atoms with Crippen LogP contribution < -0.4 is 5.32 Å². The van der Waals surface area contributed by atoms with Crippen LogP contribution in [0.3, 0.4) is 0 Å². The molecule has 2 heteroatoms. The van der Waals surface area contributed by atoms with Crippen molar-refractivity contribution >= 4 is 5.69 Å². The lowest BCUT2D eigenvalue weighted by atomic mass is 9.78. The Hall–Kier alpha value is -1.83. The van der Waals surface area contributed by atoms with E-state index >= 15 is 0 Å². The third kappa shape index (κ3) is 1.52. The Morgan fingerprint density at radius 3 is 2.53 bits per heavy atom. The van der Waals surface area contributed by atoms with Crippen LogP contribution in [0.15, 0.2) is 48.5 Å². The fourth-order valence-corrected chi connectivity index (χ4v) is 2.56. The summed E-state index contributed by atoms with van der Waals surface area (Å²) in [7, 11) is 0. The van der Waals surface area contributed by atoms with Crippen molar-refractivity contribution in [2.75, 3.05) is 11.9 Å². The molecule has 0 radical (unpaired) electrons. The molecule has 0 aromatic heterocycles. The monoisotopic (exact) mass is 227 g/mol. The van der Waals surface area contributed by atoms with Crippen molar-refractivity contribution in [1.29, 1.82) is 0 Å². The van der Waals surface area contributed by atoms with Crippen LogP contribution in [0.1, 0.15) is 18.1 Å². The molecule has 0 fully saturated rings. The first-order chi connectivity index (χ1) is 8.20. The highest BCUT2D eigenvalue weighted by atomic mass is 19.1. The van der Waals surface area contributed by atoms with E-state index in [1.807, 2.05) is 24.3 Å². The number of benzene rings is 2. The molecule has 0 spiro atoms. The molecule has 17 heavy (non-hydrogen) atoms. The minimum Gasteiger partial charge on any atom is -0.384 e. The number of hydrogen-bond acceptors (Lipinski definition) is 1. The van der Waals surface area contributed by atoms with Gasteiger partial charge in [-0.05, 0) is 36.2 Å². The average Bonchev–Trinajstić information content (AvgIpc) is 2.70. The van der Waals surface area contributed by atoms with Crippen LogP contribution in [-0.2, 0) is 5.41 Å². The third-order valence-corrected chi connectivity index (χ3v) is 3.64. The first-order valence-electron chi connectivity index (χ1n) is 5.79. The van der Waals surface area contributed by atoms with Gasteiger partial charge in [0.15, 0.2) is 0 Å². The molecular formula is C15H14FN. The van der Waals surface area contributed by atoms with Gasteiger partial charge < -0.3 is 5.32 Å². The molecule has 2 aromatic carbocycles. The van der Waals surface area contributed by atoms with E-state index in [-0.39, 0.29) is 11.2 Å². The van der Waals surface area contributed by atoms with Gasteiger partial charge in [0.1, 0.15) is 5.82 Å². The van der Waals surface area contributed by atoms with E-state index in [1.165, 1.54) is 23.4 Å². The molecule has 1 aliphatic heterocycles. The van der Waals surface area contributed by atoms with E-state index in [1.54, 1.807) is 0 Å². The molecule has 86 valence electrons. The lowest BCUT2D eigenvalue weighted by Crippen LogP contribution is -2.25. The summed E-state index contributed by atoms with van der Waals surface area (Å²) in [5.41, 5.74) is 3.55. The van der Waals surface area contributed by atoms with Gasteiger partial charge in [-0.15, -0.1) is 0 Å². The standard InChI is InChI=1S/C15H14FN/c1-15(11-6-8-12(16)9-7-11)10-17-14-5-3-2-4-13(14)15/h2-9,17H,10H2,1H3. The summed E-state index contributed by atoms with van der Waals surface area (Å²) in [4.78, 5) is 0. The second-order valence-corrected chi connectivity index (χ2v) is 4.74. The van der Waals surface area contributed by atoms with Crippen molar-refractivity contribution in [3.8, 4) is 0 Å². The van der Waals surface area contributed by atoms with Crippen LogP contribution in [0.2, 0.25) is 0 Å². The van der Waals surface area contributed by atoms with Gasteiger partial charge in [-0.1, -0.05) is 30.3 Å². The van der Waals surface area contributed by atoms with Crippen molar-refractivity contribution in [2.24, 2.45) is 0 Å². The van der Waals surface area contributed by atoms with Gasteiger partial charge in [0.25, 0.3) is 0 Å². The second-order valence-electron chi connectivity index (χ2n) is 4.74. The van der Waals surface area contributed by atoms with Crippen molar-refractivity contribution in [3.05, 3.63) is 65.5 Å². The molecule has 3 rings (SSSR count). The van der Waals surface area contributed by atoms with E-state index < -0.39 is 0 Å². The molecule has 0 saturated heterocycles. The number of para-hydroxylation sites is 1. The molecule has 2 aromatic rings.